The molecule has 2 aliphatic heterocycles. The summed E-state index contributed by atoms with van der Waals surface area (Å²) in [5, 5.41) is -0.403. The van der Waals surface area contributed by atoms with Gasteiger partial charge in [-0.15, -0.1) is 0 Å². The van der Waals surface area contributed by atoms with E-state index in [0.717, 1.165) is 45.5 Å². The summed E-state index contributed by atoms with van der Waals surface area (Å²) >= 11 is 4.25. The topological polar surface area (TPSA) is 60.9 Å². The van der Waals surface area contributed by atoms with Gasteiger partial charge in [-0.3, -0.25) is 19.3 Å². The molecule has 0 aliphatic carbocycles. The Morgan fingerprint density at radius 2 is 1.63 bits per heavy atom. The normalized spacial score (nSPS) is 18.4. The molecule has 2 heterocycles. The van der Waals surface area contributed by atoms with E-state index in [1.165, 1.54) is 0 Å². The molecule has 0 bridgehead atoms. The van der Waals surface area contributed by atoms with Crippen LogP contribution in [0.1, 0.15) is 5.56 Å². The van der Waals surface area contributed by atoms with E-state index in [9.17, 15) is 14.4 Å². The van der Waals surface area contributed by atoms with Crippen LogP contribution in [0, 0.1) is 0 Å². The molecule has 0 radical (unpaired) electrons. The van der Waals surface area contributed by atoms with Crippen molar-refractivity contribution >= 4 is 56.5 Å². The monoisotopic (exact) mass is 485 g/mol. The number of thioether (sulfide) groups is 1. The van der Waals surface area contributed by atoms with Gasteiger partial charge in [0.1, 0.15) is 6.54 Å². The Hall–Kier alpha value is -2.58. The van der Waals surface area contributed by atoms with E-state index in [0.29, 0.717) is 18.0 Å². The number of carbonyl (C=O) groups is 3. The number of amides is 3. The first-order valence-electron chi connectivity index (χ1n) is 9.60. The minimum Gasteiger partial charge on any atom is -0.368 e. The Kier molecular flexibility index (Phi) is 6.24. The highest BCUT2D eigenvalue weighted by atomic mass is 79.9. The van der Waals surface area contributed by atoms with Crippen LogP contribution in [0.15, 0.2) is 64.0 Å². The van der Waals surface area contributed by atoms with Gasteiger partial charge < -0.3 is 9.80 Å². The lowest BCUT2D eigenvalue weighted by Crippen LogP contribution is -2.51. The third-order valence-corrected chi connectivity index (χ3v) is 6.52. The maximum atomic E-state index is 12.7. The molecule has 0 unspecified atom stereocenters. The van der Waals surface area contributed by atoms with E-state index >= 15 is 0 Å². The van der Waals surface area contributed by atoms with Crippen molar-refractivity contribution in [1.29, 1.82) is 0 Å². The molecule has 2 aromatic carbocycles. The van der Waals surface area contributed by atoms with Crippen LogP contribution in [0.4, 0.5) is 10.5 Å². The Labute approximate surface area is 187 Å². The number of hydrogen-bond donors (Lipinski definition) is 0. The van der Waals surface area contributed by atoms with Gasteiger partial charge in [-0.25, -0.2) is 0 Å². The Morgan fingerprint density at radius 3 is 2.30 bits per heavy atom. The standard InChI is InChI=1S/C22H20BrN3O3S/c23-17-8-6-16(7-9-17)14-19-21(28)26(22(29)30-19)15-20(27)25-12-10-24(11-13-25)18-4-2-1-3-5-18/h1-9,14H,10-13,15H2/b19-14+. The number of imide groups is 1. The molecular formula is C22H20BrN3O3S. The van der Waals surface area contributed by atoms with Gasteiger partial charge in [-0.2, -0.15) is 0 Å². The van der Waals surface area contributed by atoms with E-state index in [4.69, 9.17) is 0 Å². The van der Waals surface area contributed by atoms with E-state index in [-0.39, 0.29) is 12.5 Å². The molecule has 3 amide bonds. The zero-order chi connectivity index (χ0) is 21.1. The Bertz CT molecular complexity index is 986. The first kappa shape index (κ1) is 20.7. The van der Waals surface area contributed by atoms with Crippen molar-refractivity contribution in [2.45, 2.75) is 0 Å². The van der Waals surface area contributed by atoms with Gasteiger partial charge in [-0.1, -0.05) is 46.3 Å². The predicted molar refractivity (Wildman–Crippen MR) is 122 cm³/mol. The number of piperazine rings is 1. The zero-order valence-corrected chi connectivity index (χ0v) is 18.6. The largest absolute Gasteiger partial charge is 0.368 e. The molecule has 0 saturated carbocycles. The molecule has 2 saturated heterocycles. The molecular weight excluding hydrogens is 466 g/mol. The van der Waals surface area contributed by atoms with E-state index in [2.05, 4.69) is 33.0 Å². The number of nitrogens with zero attached hydrogens (tertiary/aromatic N) is 3. The first-order chi connectivity index (χ1) is 14.5. The molecule has 0 spiro atoms. The molecule has 0 atom stereocenters. The fourth-order valence-corrected chi connectivity index (χ4v) is 4.54. The first-order valence-corrected chi connectivity index (χ1v) is 11.2. The van der Waals surface area contributed by atoms with Crippen LogP contribution in [0.25, 0.3) is 6.08 Å². The second-order valence-corrected chi connectivity index (χ2v) is 8.93. The fourth-order valence-electron chi connectivity index (χ4n) is 3.43. The summed E-state index contributed by atoms with van der Waals surface area (Å²) in [6.45, 7) is 2.37. The minimum atomic E-state index is -0.413. The average Bonchev–Trinajstić information content (AvgIpc) is 3.03. The molecule has 0 aromatic heterocycles. The maximum absolute atomic E-state index is 12.7. The van der Waals surface area contributed by atoms with Crippen molar-refractivity contribution < 1.29 is 14.4 Å². The van der Waals surface area contributed by atoms with Crippen LogP contribution in [0.5, 0.6) is 0 Å². The molecule has 2 aliphatic rings. The summed E-state index contributed by atoms with van der Waals surface area (Å²) in [4.78, 5) is 43.1. The summed E-state index contributed by atoms with van der Waals surface area (Å²) < 4.78 is 0.936. The predicted octanol–water partition coefficient (Wildman–Crippen LogP) is 3.83. The highest BCUT2D eigenvalue weighted by molar-refractivity contribution is 9.10. The zero-order valence-electron chi connectivity index (χ0n) is 16.2. The average molecular weight is 486 g/mol. The van der Waals surface area contributed by atoms with Crippen molar-refractivity contribution in [2.75, 3.05) is 37.6 Å². The summed E-state index contributed by atoms with van der Waals surface area (Å²) in [5.74, 6) is -0.612. The molecule has 30 heavy (non-hydrogen) atoms. The third kappa shape index (κ3) is 4.60. The van der Waals surface area contributed by atoms with Crippen LogP contribution < -0.4 is 4.90 Å². The Balaban J connectivity index is 1.36. The molecule has 0 N–H and O–H groups in total. The summed E-state index contributed by atoms with van der Waals surface area (Å²) in [7, 11) is 0. The molecule has 6 nitrogen and oxygen atoms in total. The second-order valence-electron chi connectivity index (χ2n) is 7.02. The highest BCUT2D eigenvalue weighted by Crippen LogP contribution is 2.32. The van der Waals surface area contributed by atoms with Gasteiger partial charge in [0.05, 0.1) is 4.91 Å². The van der Waals surface area contributed by atoms with E-state index in [1.54, 1.807) is 11.0 Å². The van der Waals surface area contributed by atoms with Crippen molar-refractivity contribution in [1.82, 2.24) is 9.80 Å². The smallest absolute Gasteiger partial charge is 0.294 e. The Morgan fingerprint density at radius 1 is 0.967 bits per heavy atom. The fraction of sp³-hybridized carbons (Fsp3) is 0.227. The minimum absolute atomic E-state index is 0.199. The van der Waals surface area contributed by atoms with Gasteiger partial charge in [0.2, 0.25) is 5.91 Å². The third-order valence-electron chi connectivity index (χ3n) is 5.09. The highest BCUT2D eigenvalue weighted by Gasteiger charge is 2.37. The lowest BCUT2D eigenvalue weighted by molar-refractivity contribution is -0.136. The number of halogens is 1. The van der Waals surface area contributed by atoms with Crippen molar-refractivity contribution in [3.05, 3.63) is 69.5 Å². The molecule has 4 rings (SSSR count). The van der Waals surface area contributed by atoms with Crippen molar-refractivity contribution in [3.8, 4) is 0 Å². The lowest BCUT2D eigenvalue weighted by Gasteiger charge is -2.36. The van der Waals surface area contributed by atoms with E-state index in [1.807, 2.05) is 42.5 Å². The number of anilines is 1. The summed E-state index contributed by atoms with van der Waals surface area (Å²) in [6, 6.07) is 17.5. The molecule has 2 aromatic rings. The molecule has 8 heteroatoms. The van der Waals surface area contributed by atoms with Crippen LogP contribution in [0.2, 0.25) is 0 Å². The number of para-hydroxylation sites is 1. The summed E-state index contributed by atoms with van der Waals surface area (Å²) in [5.41, 5.74) is 1.96. The lowest BCUT2D eigenvalue weighted by atomic mass is 10.2. The van der Waals surface area contributed by atoms with E-state index < -0.39 is 11.1 Å². The van der Waals surface area contributed by atoms with Crippen LogP contribution in [0.3, 0.4) is 0 Å². The SMILES string of the molecule is O=C(CN1C(=O)S/C(=C/c2ccc(Br)cc2)C1=O)N1CCN(c2ccccc2)CC1. The maximum Gasteiger partial charge on any atom is 0.294 e. The quantitative estimate of drug-likeness (QED) is 0.615. The van der Waals surface area contributed by atoms with Gasteiger partial charge >= 0.3 is 0 Å². The molecule has 2 fully saturated rings. The van der Waals surface area contributed by atoms with Crippen LogP contribution in [-0.2, 0) is 9.59 Å². The number of hydrogen-bond acceptors (Lipinski definition) is 5. The van der Waals surface area contributed by atoms with Gasteiger partial charge in [-0.05, 0) is 47.7 Å². The van der Waals surface area contributed by atoms with Gasteiger partial charge in [0.15, 0.2) is 0 Å². The number of rotatable bonds is 4. The van der Waals surface area contributed by atoms with Crippen LogP contribution >= 0.6 is 27.7 Å². The molecule has 154 valence electrons. The van der Waals surface area contributed by atoms with Crippen molar-refractivity contribution in [2.24, 2.45) is 0 Å². The van der Waals surface area contributed by atoms with Crippen molar-refractivity contribution in [3.63, 3.8) is 0 Å². The number of benzene rings is 2. The second kappa shape index (κ2) is 9.06. The van der Waals surface area contributed by atoms with Gasteiger partial charge in [0, 0.05) is 36.3 Å². The van der Waals surface area contributed by atoms with Gasteiger partial charge in [0.25, 0.3) is 11.1 Å². The number of carbonyl (C=O) groups excluding carboxylic acids is 3. The summed E-state index contributed by atoms with van der Waals surface area (Å²) in [6.07, 6.45) is 1.68. The van der Waals surface area contributed by atoms with Crippen LogP contribution in [-0.4, -0.2) is 59.6 Å².